The van der Waals surface area contributed by atoms with Crippen LogP contribution in [0.15, 0.2) is 24.3 Å². The number of thioether (sulfide) groups is 1. The lowest BCUT2D eigenvalue weighted by Gasteiger charge is -2.21. The van der Waals surface area contributed by atoms with Crippen LogP contribution in [0.25, 0.3) is 0 Å². The molecule has 0 aliphatic heterocycles. The first kappa shape index (κ1) is 15.4. The lowest BCUT2D eigenvalue weighted by molar-refractivity contribution is -0.138. The second-order valence-corrected chi connectivity index (χ2v) is 5.92. The van der Waals surface area contributed by atoms with Gasteiger partial charge in [0.2, 0.25) is 0 Å². The zero-order chi connectivity index (χ0) is 13.8. The molecule has 1 atom stereocenters. The van der Waals surface area contributed by atoms with Crippen molar-refractivity contribution in [3.05, 3.63) is 35.4 Å². The summed E-state index contributed by atoms with van der Waals surface area (Å²) in [6.07, 6.45) is -4.30. The molecular weight excluding hydrogens is 259 g/mol. The summed E-state index contributed by atoms with van der Waals surface area (Å²) in [6, 6.07) is 5.48. The number of hydrogen-bond donors (Lipinski definition) is 1. The molecule has 0 fully saturated rings. The van der Waals surface area contributed by atoms with Gasteiger partial charge in [-0.05, 0) is 23.9 Å². The van der Waals surface area contributed by atoms with Gasteiger partial charge >= 0.3 is 6.18 Å². The third kappa shape index (κ3) is 4.21. The minimum absolute atomic E-state index is 0.282. The Balaban J connectivity index is 2.98. The molecular formula is C13H18F3NS. The Hall–Kier alpha value is -0.680. The van der Waals surface area contributed by atoms with Crippen molar-refractivity contribution in [2.24, 2.45) is 0 Å². The van der Waals surface area contributed by atoms with E-state index in [2.05, 4.69) is 5.32 Å². The fourth-order valence-electron chi connectivity index (χ4n) is 1.68. The average molecular weight is 277 g/mol. The lowest BCUT2D eigenvalue weighted by atomic mass is 10.0. The molecule has 0 saturated heterocycles. The van der Waals surface area contributed by atoms with Crippen molar-refractivity contribution in [3.63, 3.8) is 0 Å². The normalized spacial score (nSPS) is 13.9. The first-order valence-electron chi connectivity index (χ1n) is 5.81. The number of halogens is 3. The van der Waals surface area contributed by atoms with Crippen LogP contribution in [0.2, 0.25) is 0 Å². The highest BCUT2D eigenvalue weighted by molar-refractivity contribution is 7.99. The molecule has 1 nitrogen and oxygen atoms in total. The number of nitrogens with one attached hydrogen (secondary N) is 1. The van der Waals surface area contributed by atoms with Gasteiger partial charge in [-0.1, -0.05) is 32.0 Å². The van der Waals surface area contributed by atoms with Crippen molar-refractivity contribution < 1.29 is 13.2 Å². The molecule has 5 heteroatoms. The van der Waals surface area contributed by atoms with Crippen molar-refractivity contribution in [1.29, 1.82) is 0 Å². The van der Waals surface area contributed by atoms with Crippen molar-refractivity contribution in [1.82, 2.24) is 5.32 Å². The first-order chi connectivity index (χ1) is 8.36. The minimum Gasteiger partial charge on any atom is -0.312 e. The summed E-state index contributed by atoms with van der Waals surface area (Å²) < 4.78 is 38.7. The zero-order valence-electron chi connectivity index (χ0n) is 10.7. The second kappa shape index (κ2) is 6.48. The van der Waals surface area contributed by atoms with E-state index < -0.39 is 11.7 Å². The van der Waals surface area contributed by atoms with Crippen LogP contribution in [0.1, 0.15) is 31.0 Å². The molecule has 0 aliphatic rings. The van der Waals surface area contributed by atoms with Gasteiger partial charge in [-0.25, -0.2) is 0 Å². The van der Waals surface area contributed by atoms with Crippen LogP contribution in [0.5, 0.6) is 0 Å². The molecule has 1 aromatic carbocycles. The Bertz CT molecular complexity index is 377. The number of alkyl halides is 3. The van der Waals surface area contributed by atoms with E-state index in [1.165, 1.54) is 6.07 Å². The maximum absolute atomic E-state index is 12.9. The monoisotopic (exact) mass is 277 g/mol. The molecule has 0 amide bonds. The third-order valence-electron chi connectivity index (χ3n) is 2.59. The van der Waals surface area contributed by atoms with E-state index in [-0.39, 0.29) is 6.04 Å². The molecule has 0 bridgehead atoms. The molecule has 0 saturated carbocycles. The van der Waals surface area contributed by atoms with Crippen LogP contribution >= 0.6 is 11.8 Å². The predicted molar refractivity (Wildman–Crippen MR) is 70.8 cm³/mol. The van der Waals surface area contributed by atoms with Gasteiger partial charge in [0.1, 0.15) is 0 Å². The Morgan fingerprint density at radius 2 is 1.83 bits per heavy atom. The van der Waals surface area contributed by atoms with Crippen molar-refractivity contribution in [2.45, 2.75) is 31.3 Å². The van der Waals surface area contributed by atoms with E-state index in [4.69, 9.17) is 0 Å². The van der Waals surface area contributed by atoms with Gasteiger partial charge in [0.25, 0.3) is 0 Å². The SMILES string of the molecule is CNC(CSC(C)C)c1ccccc1C(F)(F)F. The molecule has 1 unspecified atom stereocenters. The highest BCUT2D eigenvalue weighted by Gasteiger charge is 2.34. The van der Waals surface area contributed by atoms with E-state index in [0.29, 0.717) is 16.6 Å². The van der Waals surface area contributed by atoms with Crippen LogP contribution in [-0.4, -0.2) is 18.1 Å². The molecule has 102 valence electrons. The fourth-order valence-corrected chi connectivity index (χ4v) is 2.60. The van der Waals surface area contributed by atoms with E-state index in [1.807, 2.05) is 13.8 Å². The van der Waals surface area contributed by atoms with Crippen molar-refractivity contribution in [3.8, 4) is 0 Å². The standard InChI is InChI=1S/C13H18F3NS/c1-9(2)18-8-12(17-3)10-6-4-5-7-11(10)13(14,15)16/h4-7,9,12,17H,8H2,1-3H3. The Kier molecular flexibility index (Phi) is 5.53. The summed E-state index contributed by atoms with van der Waals surface area (Å²) in [5.41, 5.74) is -0.227. The molecule has 0 spiro atoms. The summed E-state index contributed by atoms with van der Waals surface area (Å²) in [5, 5.41) is 3.37. The smallest absolute Gasteiger partial charge is 0.312 e. The molecule has 1 aromatic rings. The van der Waals surface area contributed by atoms with Crippen LogP contribution in [-0.2, 0) is 6.18 Å². The molecule has 18 heavy (non-hydrogen) atoms. The molecule has 0 radical (unpaired) electrons. The van der Waals surface area contributed by atoms with Gasteiger partial charge in [0.15, 0.2) is 0 Å². The summed E-state index contributed by atoms with van der Waals surface area (Å²) in [7, 11) is 1.69. The van der Waals surface area contributed by atoms with Crippen molar-refractivity contribution >= 4 is 11.8 Å². The third-order valence-corrected chi connectivity index (χ3v) is 3.78. The first-order valence-corrected chi connectivity index (χ1v) is 6.86. The number of benzene rings is 1. The average Bonchev–Trinajstić information content (AvgIpc) is 2.29. The maximum atomic E-state index is 12.9. The van der Waals surface area contributed by atoms with Gasteiger partial charge in [-0.15, -0.1) is 0 Å². The highest BCUT2D eigenvalue weighted by Crippen LogP contribution is 2.35. The highest BCUT2D eigenvalue weighted by atomic mass is 32.2. The fraction of sp³-hybridized carbons (Fsp3) is 0.538. The summed E-state index contributed by atoms with van der Waals surface area (Å²) in [6.45, 7) is 4.07. The Labute approximate surface area is 110 Å². The van der Waals surface area contributed by atoms with Crippen molar-refractivity contribution in [2.75, 3.05) is 12.8 Å². The number of hydrogen-bond acceptors (Lipinski definition) is 2. The minimum atomic E-state index is -4.30. The topological polar surface area (TPSA) is 12.0 Å². The van der Waals surface area contributed by atoms with Crippen LogP contribution < -0.4 is 5.32 Å². The zero-order valence-corrected chi connectivity index (χ0v) is 11.5. The Morgan fingerprint density at radius 3 is 2.33 bits per heavy atom. The molecule has 0 heterocycles. The van der Waals surface area contributed by atoms with E-state index in [0.717, 1.165) is 6.07 Å². The van der Waals surface area contributed by atoms with Crippen LogP contribution in [0, 0.1) is 0 Å². The van der Waals surface area contributed by atoms with E-state index in [9.17, 15) is 13.2 Å². The summed E-state index contributed by atoms with van der Waals surface area (Å²) in [5.74, 6) is 0.626. The lowest BCUT2D eigenvalue weighted by Crippen LogP contribution is -2.23. The van der Waals surface area contributed by atoms with Gasteiger partial charge < -0.3 is 5.32 Å². The van der Waals surface area contributed by atoms with Crippen LogP contribution in [0.4, 0.5) is 13.2 Å². The largest absolute Gasteiger partial charge is 0.416 e. The Morgan fingerprint density at radius 1 is 1.22 bits per heavy atom. The van der Waals surface area contributed by atoms with Gasteiger partial charge in [-0.3, -0.25) is 0 Å². The van der Waals surface area contributed by atoms with Crippen LogP contribution in [0.3, 0.4) is 0 Å². The van der Waals surface area contributed by atoms with E-state index >= 15 is 0 Å². The number of rotatable bonds is 5. The molecule has 0 aromatic heterocycles. The van der Waals surface area contributed by atoms with E-state index in [1.54, 1.807) is 30.9 Å². The predicted octanol–water partition coefficient (Wildman–Crippen LogP) is 4.11. The second-order valence-electron chi connectivity index (χ2n) is 4.31. The molecule has 1 N–H and O–H groups in total. The maximum Gasteiger partial charge on any atom is 0.416 e. The van der Waals surface area contributed by atoms with Gasteiger partial charge in [0.05, 0.1) is 5.56 Å². The quantitative estimate of drug-likeness (QED) is 0.869. The van der Waals surface area contributed by atoms with Gasteiger partial charge in [0, 0.05) is 11.8 Å². The van der Waals surface area contributed by atoms with Gasteiger partial charge in [-0.2, -0.15) is 24.9 Å². The summed E-state index contributed by atoms with van der Waals surface area (Å²) >= 11 is 1.65. The molecule has 0 aliphatic carbocycles. The molecule has 1 rings (SSSR count). The summed E-state index contributed by atoms with van der Waals surface area (Å²) in [4.78, 5) is 0.